The van der Waals surface area contributed by atoms with E-state index in [-0.39, 0.29) is 24.4 Å². The highest BCUT2D eigenvalue weighted by Crippen LogP contribution is 2.14. The average molecular weight is 444 g/mol. The standard InChI is InChI=1S/C26H41N3O3/c1-5-6-7-8-9-10-11-16-25(30)29(22(2)3)21-26(31)28(20-24-15-13-18-32-24)19-23-14-12-17-27(23)4/h12-15,17-18,22H,5-11,16,19-21H2,1-4H3. The minimum absolute atomic E-state index is 0.0171. The van der Waals surface area contributed by atoms with Crippen LogP contribution >= 0.6 is 0 Å². The summed E-state index contributed by atoms with van der Waals surface area (Å²) in [7, 11) is 1.97. The first-order valence-corrected chi connectivity index (χ1v) is 12.1. The summed E-state index contributed by atoms with van der Waals surface area (Å²) in [6.45, 7) is 7.12. The number of furan rings is 1. The summed E-state index contributed by atoms with van der Waals surface area (Å²) in [4.78, 5) is 29.7. The Morgan fingerprint density at radius 3 is 2.28 bits per heavy atom. The number of carbonyl (C=O) groups is 2. The van der Waals surface area contributed by atoms with E-state index < -0.39 is 0 Å². The summed E-state index contributed by atoms with van der Waals surface area (Å²) in [5.41, 5.74) is 1.04. The van der Waals surface area contributed by atoms with E-state index in [4.69, 9.17) is 4.42 Å². The van der Waals surface area contributed by atoms with Gasteiger partial charge in [-0.1, -0.05) is 45.4 Å². The molecule has 2 amide bonds. The molecule has 0 aromatic carbocycles. The van der Waals surface area contributed by atoms with Crippen LogP contribution in [0.5, 0.6) is 0 Å². The molecule has 0 fully saturated rings. The summed E-state index contributed by atoms with van der Waals surface area (Å²) in [6, 6.07) is 7.66. The zero-order chi connectivity index (χ0) is 23.3. The van der Waals surface area contributed by atoms with Gasteiger partial charge < -0.3 is 18.8 Å². The van der Waals surface area contributed by atoms with Crippen LogP contribution in [-0.2, 0) is 29.7 Å². The van der Waals surface area contributed by atoms with E-state index in [1.165, 1.54) is 32.1 Å². The molecule has 0 aliphatic carbocycles. The number of aryl methyl sites for hydroxylation is 1. The minimum Gasteiger partial charge on any atom is -0.467 e. The van der Waals surface area contributed by atoms with Crippen molar-refractivity contribution in [1.82, 2.24) is 14.4 Å². The topological polar surface area (TPSA) is 58.7 Å². The summed E-state index contributed by atoms with van der Waals surface area (Å²) in [5, 5.41) is 0. The maximum atomic E-state index is 13.3. The Balaban J connectivity index is 1.94. The van der Waals surface area contributed by atoms with Crippen LogP contribution in [0.15, 0.2) is 41.1 Å². The van der Waals surface area contributed by atoms with Crippen LogP contribution in [-0.4, -0.2) is 38.8 Å². The lowest BCUT2D eigenvalue weighted by Crippen LogP contribution is -2.45. The lowest BCUT2D eigenvalue weighted by Gasteiger charge is -2.30. The van der Waals surface area contributed by atoms with Crippen LogP contribution in [0.4, 0.5) is 0 Å². The van der Waals surface area contributed by atoms with Gasteiger partial charge >= 0.3 is 0 Å². The number of aromatic nitrogens is 1. The van der Waals surface area contributed by atoms with Crippen molar-refractivity contribution >= 4 is 11.8 Å². The van der Waals surface area contributed by atoms with Crippen LogP contribution < -0.4 is 0 Å². The summed E-state index contributed by atoms with van der Waals surface area (Å²) >= 11 is 0. The number of rotatable bonds is 15. The maximum absolute atomic E-state index is 13.3. The smallest absolute Gasteiger partial charge is 0.242 e. The Morgan fingerprint density at radius 1 is 0.969 bits per heavy atom. The molecular weight excluding hydrogens is 402 g/mol. The second-order valence-electron chi connectivity index (χ2n) is 8.93. The van der Waals surface area contributed by atoms with Gasteiger partial charge in [0, 0.05) is 31.4 Å². The number of nitrogens with zero attached hydrogens (tertiary/aromatic N) is 3. The van der Waals surface area contributed by atoms with E-state index in [0.29, 0.717) is 19.5 Å². The Morgan fingerprint density at radius 2 is 1.69 bits per heavy atom. The highest BCUT2D eigenvalue weighted by molar-refractivity contribution is 5.85. The molecule has 6 nitrogen and oxygen atoms in total. The van der Waals surface area contributed by atoms with Crippen molar-refractivity contribution in [2.45, 2.75) is 91.3 Å². The van der Waals surface area contributed by atoms with Gasteiger partial charge in [-0.05, 0) is 44.5 Å². The number of amides is 2. The first kappa shape index (κ1) is 25.8. The Labute approximate surface area is 193 Å². The summed E-state index contributed by atoms with van der Waals surface area (Å²) in [6.07, 6.45) is 12.3. The van der Waals surface area contributed by atoms with Gasteiger partial charge in [0.15, 0.2) is 0 Å². The van der Waals surface area contributed by atoms with Crippen LogP contribution in [0.1, 0.15) is 83.6 Å². The number of unbranched alkanes of at least 4 members (excludes halogenated alkanes) is 6. The predicted octanol–water partition coefficient (Wildman–Crippen LogP) is 5.52. The zero-order valence-electron chi connectivity index (χ0n) is 20.4. The minimum atomic E-state index is -0.0655. The highest BCUT2D eigenvalue weighted by atomic mass is 16.3. The molecule has 0 unspecified atom stereocenters. The van der Waals surface area contributed by atoms with Crippen molar-refractivity contribution in [3.63, 3.8) is 0 Å². The fraction of sp³-hybridized carbons (Fsp3) is 0.615. The second-order valence-corrected chi connectivity index (χ2v) is 8.93. The van der Waals surface area contributed by atoms with Crippen molar-refractivity contribution in [2.24, 2.45) is 7.05 Å². The van der Waals surface area contributed by atoms with Gasteiger partial charge in [-0.3, -0.25) is 9.59 Å². The molecule has 32 heavy (non-hydrogen) atoms. The van der Waals surface area contributed by atoms with Crippen molar-refractivity contribution in [3.8, 4) is 0 Å². The van der Waals surface area contributed by atoms with Crippen molar-refractivity contribution < 1.29 is 14.0 Å². The molecule has 2 aromatic rings. The fourth-order valence-electron chi connectivity index (χ4n) is 3.86. The molecule has 0 radical (unpaired) electrons. The van der Waals surface area contributed by atoms with Crippen LogP contribution in [0.3, 0.4) is 0 Å². The molecule has 0 bridgehead atoms. The first-order valence-electron chi connectivity index (χ1n) is 12.1. The van der Waals surface area contributed by atoms with Gasteiger partial charge in [0.25, 0.3) is 0 Å². The van der Waals surface area contributed by atoms with Gasteiger partial charge in [0.1, 0.15) is 12.3 Å². The van der Waals surface area contributed by atoms with E-state index in [1.54, 1.807) is 16.1 Å². The molecule has 0 spiro atoms. The molecule has 178 valence electrons. The van der Waals surface area contributed by atoms with E-state index in [9.17, 15) is 9.59 Å². The molecule has 6 heteroatoms. The lowest BCUT2D eigenvalue weighted by atomic mass is 10.1. The molecule has 0 saturated carbocycles. The van der Waals surface area contributed by atoms with Crippen molar-refractivity contribution in [2.75, 3.05) is 6.54 Å². The van der Waals surface area contributed by atoms with Gasteiger partial charge in [0.2, 0.25) is 11.8 Å². The van der Waals surface area contributed by atoms with Crippen LogP contribution in [0.2, 0.25) is 0 Å². The van der Waals surface area contributed by atoms with Gasteiger partial charge in [-0.25, -0.2) is 0 Å². The van der Waals surface area contributed by atoms with E-state index >= 15 is 0 Å². The quantitative estimate of drug-likeness (QED) is 0.340. The van der Waals surface area contributed by atoms with Gasteiger partial charge in [-0.2, -0.15) is 0 Å². The molecular formula is C26H41N3O3. The van der Waals surface area contributed by atoms with E-state index in [1.807, 2.05) is 55.9 Å². The fourth-order valence-corrected chi connectivity index (χ4v) is 3.86. The summed E-state index contributed by atoms with van der Waals surface area (Å²) in [5.74, 6) is 0.737. The zero-order valence-corrected chi connectivity index (χ0v) is 20.4. The number of carbonyl (C=O) groups excluding carboxylic acids is 2. The average Bonchev–Trinajstić information content (AvgIpc) is 3.42. The number of hydrogen-bond donors (Lipinski definition) is 0. The number of hydrogen-bond acceptors (Lipinski definition) is 3. The molecule has 2 heterocycles. The third kappa shape index (κ3) is 8.56. The Bertz CT molecular complexity index is 795. The molecule has 0 N–H and O–H groups in total. The van der Waals surface area contributed by atoms with Crippen molar-refractivity contribution in [1.29, 1.82) is 0 Å². The normalized spacial score (nSPS) is 11.2. The van der Waals surface area contributed by atoms with Crippen LogP contribution in [0, 0.1) is 0 Å². The Hall–Kier alpha value is -2.50. The summed E-state index contributed by atoms with van der Waals surface area (Å²) < 4.78 is 7.49. The predicted molar refractivity (Wildman–Crippen MR) is 128 cm³/mol. The molecule has 2 aromatic heterocycles. The third-order valence-electron chi connectivity index (χ3n) is 5.93. The Kier molecular flexibility index (Phi) is 11.1. The highest BCUT2D eigenvalue weighted by Gasteiger charge is 2.24. The van der Waals surface area contributed by atoms with Gasteiger partial charge in [-0.15, -0.1) is 0 Å². The third-order valence-corrected chi connectivity index (χ3v) is 5.93. The largest absolute Gasteiger partial charge is 0.467 e. The molecule has 0 aliphatic rings. The first-order chi connectivity index (χ1) is 15.4. The molecule has 0 aliphatic heterocycles. The lowest BCUT2D eigenvalue weighted by molar-refractivity contribution is -0.143. The van der Waals surface area contributed by atoms with E-state index in [2.05, 4.69) is 6.92 Å². The second kappa shape index (κ2) is 13.8. The monoisotopic (exact) mass is 443 g/mol. The van der Waals surface area contributed by atoms with Gasteiger partial charge in [0.05, 0.1) is 19.4 Å². The SMILES string of the molecule is CCCCCCCCCC(=O)N(CC(=O)N(Cc1ccco1)Cc1cccn1C)C(C)C. The molecule has 0 atom stereocenters. The van der Waals surface area contributed by atoms with Crippen LogP contribution in [0.25, 0.3) is 0 Å². The van der Waals surface area contributed by atoms with E-state index in [0.717, 1.165) is 24.3 Å². The molecule has 0 saturated heterocycles. The molecule has 2 rings (SSSR count). The maximum Gasteiger partial charge on any atom is 0.242 e. The van der Waals surface area contributed by atoms with Crippen molar-refractivity contribution in [3.05, 3.63) is 48.2 Å².